The first-order chi connectivity index (χ1) is 13.3. The SMILES string of the molecule is CC(=O)NS(=O)(=O)c1ccc(NC(=O)CCn2c(=O)oc3ccccc32)cc1. The van der Waals surface area contributed by atoms with Crippen LogP contribution in [0.1, 0.15) is 13.3 Å². The summed E-state index contributed by atoms with van der Waals surface area (Å²) >= 11 is 0. The number of anilines is 1. The zero-order valence-corrected chi connectivity index (χ0v) is 15.7. The Labute approximate surface area is 160 Å². The first kappa shape index (κ1) is 19.4. The predicted octanol–water partition coefficient (Wildman–Crippen LogP) is 1.45. The predicted molar refractivity (Wildman–Crippen MR) is 101 cm³/mol. The van der Waals surface area contributed by atoms with E-state index in [1.807, 2.05) is 4.72 Å². The quantitative estimate of drug-likeness (QED) is 0.641. The molecule has 2 N–H and O–H groups in total. The van der Waals surface area contributed by atoms with Crippen LogP contribution >= 0.6 is 0 Å². The molecule has 0 saturated heterocycles. The van der Waals surface area contributed by atoms with Crippen LogP contribution in [-0.4, -0.2) is 24.8 Å². The van der Waals surface area contributed by atoms with Crippen LogP contribution in [0.3, 0.4) is 0 Å². The van der Waals surface area contributed by atoms with E-state index in [1.54, 1.807) is 24.3 Å². The Morgan fingerprint density at radius 3 is 2.43 bits per heavy atom. The number of fused-ring (bicyclic) bond motifs is 1. The van der Waals surface area contributed by atoms with Gasteiger partial charge in [0.15, 0.2) is 5.58 Å². The molecule has 2 amide bonds. The van der Waals surface area contributed by atoms with Crippen molar-refractivity contribution in [1.29, 1.82) is 0 Å². The molecule has 1 aromatic heterocycles. The van der Waals surface area contributed by atoms with E-state index in [0.29, 0.717) is 16.8 Å². The lowest BCUT2D eigenvalue weighted by molar-refractivity contribution is -0.117. The Balaban J connectivity index is 1.64. The lowest BCUT2D eigenvalue weighted by Crippen LogP contribution is -2.28. The topological polar surface area (TPSA) is 127 Å². The highest BCUT2D eigenvalue weighted by atomic mass is 32.2. The first-order valence-corrected chi connectivity index (χ1v) is 9.76. The largest absolute Gasteiger partial charge is 0.419 e. The molecular weight excluding hydrogens is 386 g/mol. The molecule has 1 heterocycles. The molecule has 146 valence electrons. The fraction of sp³-hybridized carbons (Fsp3) is 0.167. The van der Waals surface area contributed by atoms with E-state index >= 15 is 0 Å². The number of benzene rings is 2. The first-order valence-electron chi connectivity index (χ1n) is 8.28. The van der Waals surface area contributed by atoms with Gasteiger partial charge in [0.2, 0.25) is 11.8 Å². The number of carbonyl (C=O) groups is 2. The number of aromatic nitrogens is 1. The summed E-state index contributed by atoms with van der Waals surface area (Å²) in [4.78, 5) is 34.9. The van der Waals surface area contributed by atoms with Crippen LogP contribution in [0, 0.1) is 0 Å². The summed E-state index contributed by atoms with van der Waals surface area (Å²) < 4.78 is 32.1. The summed E-state index contributed by atoms with van der Waals surface area (Å²) in [6.07, 6.45) is 0.0232. The lowest BCUT2D eigenvalue weighted by atomic mass is 10.3. The van der Waals surface area contributed by atoms with Crippen LogP contribution in [0.25, 0.3) is 11.1 Å². The summed E-state index contributed by atoms with van der Waals surface area (Å²) in [5.41, 5.74) is 1.44. The number of sulfonamides is 1. The zero-order valence-electron chi connectivity index (χ0n) is 14.8. The number of carbonyl (C=O) groups excluding carboxylic acids is 2. The maximum Gasteiger partial charge on any atom is 0.419 e. The number of amides is 2. The van der Waals surface area contributed by atoms with Crippen molar-refractivity contribution in [2.45, 2.75) is 24.8 Å². The molecule has 0 unspecified atom stereocenters. The number of nitrogens with zero attached hydrogens (tertiary/aromatic N) is 1. The van der Waals surface area contributed by atoms with Crippen molar-refractivity contribution in [3.63, 3.8) is 0 Å². The number of para-hydroxylation sites is 2. The third-order valence-corrected chi connectivity index (χ3v) is 5.31. The molecular formula is C18H17N3O6S. The van der Waals surface area contributed by atoms with Crippen molar-refractivity contribution >= 4 is 38.6 Å². The van der Waals surface area contributed by atoms with Crippen molar-refractivity contribution in [1.82, 2.24) is 9.29 Å². The van der Waals surface area contributed by atoms with Crippen LogP contribution in [0.2, 0.25) is 0 Å². The molecule has 0 spiro atoms. The average Bonchev–Trinajstić information content (AvgIpc) is 2.94. The van der Waals surface area contributed by atoms with Crippen molar-refractivity contribution in [3.8, 4) is 0 Å². The molecule has 0 aliphatic rings. The highest BCUT2D eigenvalue weighted by Gasteiger charge is 2.15. The Kier molecular flexibility index (Phi) is 5.32. The van der Waals surface area contributed by atoms with Crippen molar-refractivity contribution in [2.75, 3.05) is 5.32 Å². The number of aryl methyl sites for hydroxylation is 1. The molecule has 10 heteroatoms. The number of hydrogen-bond acceptors (Lipinski definition) is 6. The van der Waals surface area contributed by atoms with Gasteiger partial charge in [-0.1, -0.05) is 12.1 Å². The van der Waals surface area contributed by atoms with E-state index in [9.17, 15) is 22.8 Å². The Morgan fingerprint density at radius 2 is 1.75 bits per heavy atom. The van der Waals surface area contributed by atoms with Gasteiger partial charge < -0.3 is 9.73 Å². The molecule has 0 atom stereocenters. The Bertz CT molecular complexity index is 1190. The molecule has 0 radical (unpaired) electrons. The molecule has 2 aromatic carbocycles. The summed E-state index contributed by atoms with van der Waals surface area (Å²) in [5.74, 6) is -1.59. The number of oxazole rings is 1. The van der Waals surface area contributed by atoms with Crippen LogP contribution in [0.4, 0.5) is 5.69 Å². The van der Waals surface area contributed by atoms with E-state index in [0.717, 1.165) is 6.92 Å². The van der Waals surface area contributed by atoms with Gasteiger partial charge in [-0.3, -0.25) is 14.2 Å². The van der Waals surface area contributed by atoms with Crippen LogP contribution < -0.4 is 15.8 Å². The maximum atomic E-state index is 12.1. The zero-order chi connectivity index (χ0) is 20.3. The number of rotatable bonds is 6. The molecule has 0 fully saturated rings. The van der Waals surface area contributed by atoms with Crippen molar-refractivity contribution in [2.24, 2.45) is 0 Å². The third kappa shape index (κ3) is 4.29. The molecule has 3 rings (SSSR count). The van der Waals surface area contributed by atoms with Gasteiger partial charge in [-0.15, -0.1) is 0 Å². The van der Waals surface area contributed by atoms with Gasteiger partial charge in [0.25, 0.3) is 10.0 Å². The lowest BCUT2D eigenvalue weighted by Gasteiger charge is -2.08. The number of nitrogens with one attached hydrogen (secondary N) is 2. The maximum absolute atomic E-state index is 12.1. The fourth-order valence-corrected chi connectivity index (χ4v) is 3.62. The average molecular weight is 403 g/mol. The van der Waals surface area contributed by atoms with Gasteiger partial charge in [-0.2, -0.15) is 0 Å². The smallest absolute Gasteiger partial charge is 0.408 e. The highest BCUT2D eigenvalue weighted by Crippen LogP contribution is 2.15. The Morgan fingerprint density at radius 1 is 1.07 bits per heavy atom. The Hall–Kier alpha value is -3.40. The van der Waals surface area contributed by atoms with Gasteiger partial charge in [0, 0.05) is 25.6 Å². The van der Waals surface area contributed by atoms with Crippen LogP contribution in [-0.2, 0) is 26.2 Å². The van der Waals surface area contributed by atoms with Gasteiger partial charge in [0.1, 0.15) is 0 Å². The second-order valence-corrected chi connectivity index (χ2v) is 7.65. The van der Waals surface area contributed by atoms with E-state index in [2.05, 4.69) is 5.32 Å². The van der Waals surface area contributed by atoms with Crippen molar-refractivity contribution in [3.05, 3.63) is 59.1 Å². The minimum absolute atomic E-state index is 0.0232. The molecule has 9 nitrogen and oxygen atoms in total. The van der Waals surface area contributed by atoms with E-state index in [1.165, 1.54) is 28.8 Å². The second kappa shape index (κ2) is 7.69. The summed E-state index contributed by atoms with van der Waals surface area (Å²) in [6.45, 7) is 1.23. The van der Waals surface area contributed by atoms with E-state index in [-0.39, 0.29) is 23.8 Å². The molecule has 0 aliphatic carbocycles. The standard InChI is InChI=1S/C18H17N3O6S/c1-12(22)20-28(25,26)14-8-6-13(7-9-14)19-17(23)10-11-21-15-4-2-3-5-16(15)27-18(21)24/h2-9H,10-11H2,1H3,(H,19,23)(H,20,22). The normalized spacial score (nSPS) is 11.3. The van der Waals surface area contributed by atoms with Gasteiger partial charge in [0.05, 0.1) is 10.4 Å². The van der Waals surface area contributed by atoms with E-state index in [4.69, 9.17) is 4.42 Å². The van der Waals surface area contributed by atoms with Crippen LogP contribution in [0.5, 0.6) is 0 Å². The third-order valence-electron chi connectivity index (χ3n) is 3.86. The molecule has 28 heavy (non-hydrogen) atoms. The molecule has 0 bridgehead atoms. The minimum Gasteiger partial charge on any atom is -0.408 e. The van der Waals surface area contributed by atoms with Gasteiger partial charge in [-0.05, 0) is 36.4 Å². The highest BCUT2D eigenvalue weighted by molar-refractivity contribution is 7.90. The van der Waals surface area contributed by atoms with Gasteiger partial charge >= 0.3 is 5.76 Å². The molecule has 0 saturated carbocycles. The number of hydrogen-bond donors (Lipinski definition) is 2. The van der Waals surface area contributed by atoms with Crippen molar-refractivity contribution < 1.29 is 22.4 Å². The fourth-order valence-electron chi connectivity index (χ4n) is 2.63. The summed E-state index contributed by atoms with van der Waals surface area (Å²) in [7, 11) is -3.93. The minimum atomic E-state index is -3.93. The monoisotopic (exact) mass is 403 g/mol. The second-order valence-electron chi connectivity index (χ2n) is 5.97. The van der Waals surface area contributed by atoms with E-state index < -0.39 is 21.7 Å². The molecule has 0 aliphatic heterocycles. The van der Waals surface area contributed by atoms with Crippen LogP contribution in [0.15, 0.2) is 62.6 Å². The summed E-state index contributed by atoms with van der Waals surface area (Å²) in [6, 6.07) is 12.3. The van der Waals surface area contributed by atoms with Gasteiger partial charge in [-0.25, -0.2) is 17.9 Å². The molecule has 3 aromatic rings. The summed E-state index contributed by atoms with van der Waals surface area (Å²) in [5, 5.41) is 2.62.